The summed E-state index contributed by atoms with van der Waals surface area (Å²) in [6.45, 7) is 9.40. The lowest BCUT2D eigenvalue weighted by Crippen LogP contribution is -2.33. The minimum Gasteiger partial charge on any atom is -0.488 e. The van der Waals surface area contributed by atoms with Crippen molar-refractivity contribution in [3.05, 3.63) is 39.7 Å². The Morgan fingerprint density at radius 1 is 1.22 bits per heavy atom. The van der Waals surface area contributed by atoms with Gasteiger partial charge in [0.25, 0.3) is 5.88 Å². The van der Waals surface area contributed by atoms with Crippen LogP contribution in [0.25, 0.3) is 11.4 Å². The Morgan fingerprint density at radius 2 is 1.97 bits per heavy atom. The molecule has 0 fully saturated rings. The summed E-state index contributed by atoms with van der Waals surface area (Å²) in [4.78, 5) is 29.8. The van der Waals surface area contributed by atoms with Gasteiger partial charge in [0.05, 0.1) is 31.7 Å². The number of methoxy groups -OCH3 is 2. The first-order valence-corrected chi connectivity index (χ1v) is 10.8. The van der Waals surface area contributed by atoms with Gasteiger partial charge in [-0.2, -0.15) is 0 Å². The second-order valence-electron chi connectivity index (χ2n) is 8.85. The summed E-state index contributed by atoms with van der Waals surface area (Å²) in [5.74, 6) is 0.300. The molecule has 174 valence electrons. The lowest BCUT2D eigenvalue weighted by atomic mass is 9.80. The third-order valence-electron chi connectivity index (χ3n) is 5.54. The molecular formula is C24H32N2O6. The molecule has 1 atom stereocenters. The van der Waals surface area contributed by atoms with E-state index >= 15 is 0 Å². The number of esters is 1. The van der Waals surface area contributed by atoms with Gasteiger partial charge in [0, 0.05) is 38.4 Å². The van der Waals surface area contributed by atoms with Gasteiger partial charge in [0.1, 0.15) is 5.56 Å². The second-order valence-corrected chi connectivity index (χ2v) is 8.85. The van der Waals surface area contributed by atoms with E-state index in [1.165, 1.54) is 13.2 Å². The minimum absolute atomic E-state index is 0.00434. The molecule has 0 spiro atoms. The third kappa shape index (κ3) is 4.80. The fourth-order valence-corrected chi connectivity index (χ4v) is 3.92. The maximum Gasteiger partial charge on any atom is 0.343 e. The maximum atomic E-state index is 12.8. The average molecular weight is 445 g/mol. The van der Waals surface area contributed by atoms with Crippen LogP contribution in [0, 0.1) is 5.41 Å². The molecule has 1 aliphatic heterocycles. The molecule has 0 aromatic carbocycles. The summed E-state index contributed by atoms with van der Waals surface area (Å²) in [5.41, 5.74) is 1.75. The number of carbonyl (C=O) groups excluding carboxylic acids is 1. The van der Waals surface area contributed by atoms with E-state index < -0.39 is 11.4 Å². The van der Waals surface area contributed by atoms with Crippen LogP contribution in [-0.4, -0.2) is 49.6 Å². The third-order valence-corrected chi connectivity index (χ3v) is 5.54. The van der Waals surface area contributed by atoms with Crippen LogP contribution < -0.4 is 14.9 Å². The molecule has 0 amide bonds. The molecule has 8 nitrogen and oxygen atoms in total. The number of fused-ring (bicyclic) bond motifs is 3. The molecule has 0 saturated heterocycles. The van der Waals surface area contributed by atoms with Gasteiger partial charge in [-0.3, -0.25) is 4.79 Å². The number of ether oxygens (including phenoxy) is 4. The van der Waals surface area contributed by atoms with Crippen molar-refractivity contribution in [2.75, 3.05) is 34.0 Å². The Hall–Kier alpha value is -2.87. The molecule has 1 aliphatic rings. The zero-order valence-corrected chi connectivity index (χ0v) is 19.7. The van der Waals surface area contributed by atoms with Crippen molar-refractivity contribution >= 4 is 5.97 Å². The van der Waals surface area contributed by atoms with Crippen molar-refractivity contribution in [1.82, 2.24) is 9.55 Å². The lowest BCUT2D eigenvalue weighted by molar-refractivity contribution is 0.0523. The summed E-state index contributed by atoms with van der Waals surface area (Å²) >= 11 is 0. The first-order valence-electron chi connectivity index (χ1n) is 10.8. The number of pyridine rings is 2. The number of carbonyl (C=O) groups is 1. The van der Waals surface area contributed by atoms with E-state index in [4.69, 9.17) is 18.9 Å². The molecule has 2 aromatic heterocycles. The van der Waals surface area contributed by atoms with Gasteiger partial charge in [-0.1, -0.05) is 20.8 Å². The number of nitrogens with zero attached hydrogens (tertiary/aromatic N) is 2. The molecule has 1 unspecified atom stereocenters. The molecule has 0 saturated carbocycles. The molecule has 0 aliphatic carbocycles. The summed E-state index contributed by atoms with van der Waals surface area (Å²) in [6, 6.07) is 3.41. The van der Waals surface area contributed by atoms with Crippen molar-refractivity contribution < 1.29 is 23.7 Å². The smallest absolute Gasteiger partial charge is 0.343 e. The van der Waals surface area contributed by atoms with Gasteiger partial charge in [-0.15, -0.1) is 0 Å². The first-order chi connectivity index (χ1) is 15.2. The minimum atomic E-state index is -0.614. The molecule has 32 heavy (non-hydrogen) atoms. The Labute approximate surface area is 188 Å². The monoisotopic (exact) mass is 444 g/mol. The molecule has 0 N–H and O–H groups in total. The van der Waals surface area contributed by atoms with E-state index in [-0.39, 0.29) is 23.6 Å². The van der Waals surface area contributed by atoms with E-state index in [0.29, 0.717) is 42.7 Å². The number of aromatic nitrogens is 2. The van der Waals surface area contributed by atoms with Crippen LogP contribution in [0.3, 0.4) is 0 Å². The van der Waals surface area contributed by atoms with Gasteiger partial charge in [0.2, 0.25) is 0 Å². The SMILES string of the molecule is CCOC(=O)c1cn2c(cc1=O)-c1nc(OC)c(OCCCOC)cc1CC2C(C)(C)C. The summed E-state index contributed by atoms with van der Waals surface area (Å²) < 4.78 is 23.5. The Bertz CT molecular complexity index is 1040. The molecule has 8 heteroatoms. The Kier molecular flexibility index (Phi) is 7.23. The van der Waals surface area contributed by atoms with Gasteiger partial charge in [-0.25, -0.2) is 9.78 Å². The molecule has 3 rings (SSSR count). The van der Waals surface area contributed by atoms with E-state index in [0.717, 1.165) is 12.0 Å². The number of hydrogen-bond acceptors (Lipinski definition) is 7. The van der Waals surface area contributed by atoms with Crippen molar-refractivity contribution in [3.63, 3.8) is 0 Å². The highest BCUT2D eigenvalue weighted by Crippen LogP contribution is 2.44. The largest absolute Gasteiger partial charge is 0.488 e. The molecule has 0 radical (unpaired) electrons. The van der Waals surface area contributed by atoms with Crippen LogP contribution >= 0.6 is 0 Å². The van der Waals surface area contributed by atoms with Crippen molar-refractivity contribution in [2.24, 2.45) is 5.41 Å². The van der Waals surface area contributed by atoms with Crippen LogP contribution in [0.4, 0.5) is 0 Å². The van der Waals surface area contributed by atoms with Crippen molar-refractivity contribution in [1.29, 1.82) is 0 Å². The van der Waals surface area contributed by atoms with E-state index in [9.17, 15) is 9.59 Å². The van der Waals surface area contributed by atoms with Gasteiger partial charge >= 0.3 is 5.97 Å². The van der Waals surface area contributed by atoms with Crippen LogP contribution in [0.15, 0.2) is 23.1 Å². The first kappa shape index (κ1) is 23.8. The average Bonchev–Trinajstić information content (AvgIpc) is 2.74. The topological polar surface area (TPSA) is 88.9 Å². The van der Waals surface area contributed by atoms with E-state index in [1.54, 1.807) is 20.2 Å². The summed E-state index contributed by atoms with van der Waals surface area (Å²) in [6.07, 6.45) is 3.02. The van der Waals surface area contributed by atoms with Gasteiger partial charge in [-0.05, 0) is 30.4 Å². The highest BCUT2D eigenvalue weighted by molar-refractivity contribution is 5.89. The molecular weight excluding hydrogens is 412 g/mol. The second kappa shape index (κ2) is 9.73. The fourth-order valence-electron chi connectivity index (χ4n) is 3.92. The predicted molar refractivity (Wildman–Crippen MR) is 121 cm³/mol. The van der Waals surface area contributed by atoms with Crippen LogP contribution in [0.2, 0.25) is 0 Å². The Morgan fingerprint density at radius 3 is 2.59 bits per heavy atom. The van der Waals surface area contributed by atoms with Crippen molar-refractivity contribution in [2.45, 2.75) is 46.6 Å². The number of rotatable bonds is 8. The molecule has 2 aromatic rings. The van der Waals surface area contributed by atoms with Crippen LogP contribution in [-0.2, 0) is 15.9 Å². The lowest BCUT2D eigenvalue weighted by Gasteiger charge is -2.38. The van der Waals surface area contributed by atoms with Gasteiger partial charge < -0.3 is 23.5 Å². The molecule has 3 heterocycles. The normalized spacial score (nSPS) is 15.0. The summed E-state index contributed by atoms with van der Waals surface area (Å²) in [7, 11) is 3.19. The van der Waals surface area contributed by atoms with Crippen molar-refractivity contribution in [3.8, 4) is 23.0 Å². The van der Waals surface area contributed by atoms with Crippen LogP contribution in [0.1, 0.15) is 56.1 Å². The predicted octanol–water partition coefficient (Wildman–Crippen LogP) is 3.65. The quantitative estimate of drug-likeness (QED) is 0.453. The highest BCUT2D eigenvalue weighted by atomic mass is 16.5. The van der Waals surface area contributed by atoms with E-state index in [1.807, 2.05) is 10.6 Å². The zero-order valence-electron chi connectivity index (χ0n) is 19.7. The van der Waals surface area contributed by atoms with E-state index in [2.05, 4.69) is 25.8 Å². The zero-order chi connectivity index (χ0) is 23.5. The summed E-state index contributed by atoms with van der Waals surface area (Å²) in [5, 5.41) is 0. The maximum absolute atomic E-state index is 12.8. The molecule has 0 bridgehead atoms. The Balaban J connectivity index is 2.13. The number of hydrogen-bond donors (Lipinski definition) is 0. The van der Waals surface area contributed by atoms with Crippen LogP contribution in [0.5, 0.6) is 11.6 Å². The standard InChI is InChI=1S/C24H32N2O6/c1-7-31-23(28)16-14-26-17(13-18(16)27)21-15(12-20(26)24(2,3)4)11-19(22(25-21)30-6)32-10-8-9-29-5/h11,13-14,20H,7-10,12H2,1-6H3. The fraction of sp³-hybridized carbons (Fsp3) is 0.542. The van der Waals surface area contributed by atoms with Gasteiger partial charge in [0.15, 0.2) is 11.2 Å². The highest BCUT2D eigenvalue weighted by Gasteiger charge is 2.35.